The predicted octanol–water partition coefficient (Wildman–Crippen LogP) is 0.768. The smallest absolute Gasteiger partial charge is 0.288 e. The van der Waals surface area contributed by atoms with Gasteiger partial charge >= 0.3 is 6.03 Å². The minimum absolute atomic E-state index is 0.313. The number of urea groups is 1. The molecule has 0 saturated carbocycles. The van der Waals surface area contributed by atoms with Gasteiger partial charge in [-0.2, -0.15) is 0 Å². The number of anilines is 1. The van der Waals surface area contributed by atoms with E-state index in [0.29, 0.717) is 0 Å². The summed E-state index contributed by atoms with van der Waals surface area (Å²) in [5, 5.41) is 2.77. The summed E-state index contributed by atoms with van der Waals surface area (Å²) in [5.74, 6) is 4.94. The Morgan fingerprint density at radius 3 is 3.00 bits per heavy atom. The summed E-state index contributed by atoms with van der Waals surface area (Å²) in [4.78, 5) is 12.4. The average Bonchev–Trinajstić information content (AvgIpc) is 2.53. The van der Waals surface area contributed by atoms with Crippen molar-refractivity contribution in [3.05, 3.63) is 17.5 Å². The predicted molar refractivity (Wildman–Crippen MR) is 45.4 cm³/mol. The van der Waals surface area contributed by atoms with Gasteiger partial charge in [0.1, 0.15) is 0 Å². The Morgan fingerprint density at radius 1 is 1.82 bits per heavy atom. The lowest BCUT2D eigenvalue weighted by atomic mass is 10.6. The van der Waals surface area contributed by atoms with Crippen molar-refractivity contribution >= 4 is 22.4 Å². The Hall–Kier alpha value is -1.07. The first kappa shape index (κ1) is 8.03. The number of hydrogen-bond donors (Lipinski definition) is 2. The number of nitrogens with one attached hydrogen (secondary N) is 1. The van der Waals surface area contributed by atoms with Crippen LogP contribution in [0.1, 0.15) is 0 Å². The minimum atomic E-state index is -0.313. The Bertz CT molecular complexity index is 234. The van der Waals surface area contributed by atoms with Gasteiger partial charge in [0.25, 0.3) is 0 Å². The van der Waals surface area contributed by atoms with Crippen LogP contribution in [0.5, 0.6) is 0 Å². The zero-order valence-electron chi connectivity index (χ0n) is 6.07. The maximum atomic E-state index is 10.9. The van der Waals surface area contributed by atoms with Crippen LogP contribution < -0.4 is 16.2 Å². The van der Waals surface area contributed by atoms with Crippen LogP contribution in [0.2, 0.25) is 0 Å². The van der Waals surface area contributed by atoms with Crippen LogP contribution in [-0.4, -0.2) is 13.1 Å². The molecule has 60 valence electrons. The van der Waals surface area contributed by atoms with Crippen LogP contribution in [0, 0.1) is 0 Å². The third-order valence-corrected chi connectivity index (χ3v) is 2.21. The van der Waals surface area contributed by atoms with Gasteiger partial charge in [-0.25, -0.2) is 10.6 Å². The van der Waals surface area contributed by atoms with Gasteiger partial charge in [0.15, 0.2) is 0 Å². The molecule has 4 nitrogen and oxygen atoms in total. The molecule has 0 aliphatic heterocycles. The Labute approximate surface area is 68.6 Å². The van der Waals surface area contributed by atoms with E-state index in [1.807, 2.05) is 22.9 Å². The van der Waals surface area contributed by atoms with Crippen molar-refractivity contribution in [2.24, 2.45) is 5.84 Å². The highest BCUT2D eigenvalue weighted by molar-refractivity contribution is 7.14. The molecule has 1 rings (SSSR count). The zero-order chi connectivity index (χ0) is 8.27. The lowest BCUT2D eigenvalue weighted by molar-refractivity contribution is 0.248. The van der Waals surface area contributed by atoms with Gasteiger partial charge in [-0.05, 0) is 17.5 Å². The van der Waals surface area contributed by atoms with Gasteiger partial charge < -0.3 is 0 Å². The second-order valence-electron chi connectivity index (χ2n) is 1.96. The third-order valence-electron chi connectivity index (χ3n) is 1.26. The van der Waals surface area contributed by atoms with E-state index in [0.717, 1.165) is 5.00 Å². The van der Waals surface area contributed by atoms with Crippen molar-refractivity contribution in [3.8, 4) is 0 Å². The molecule has 1 aromatic heterocycles. The van der Waals surface area contributed by atoms with E-state index in [-0.39, 0.29) is 6.03 Å². The summed E-state index contributed by atoms with van der Waals surface area (Å²) in [6.07, 6.45) is 0. The van der Waals surface area contributed by atoms with Crippen LogP contribution in [-0.2, 0) is 0 Å². The van der Waals surface area contributed by atoms with E-state index in [2.05, 4.69) is 0 Å². The van der Waals surface area contributed by atoms with Crippen molar-refractivity contribution in [2.45, 2.75) is 0 Å². The molecule has 3 N–H and O–H groups in total. The summed E-state index contributed by atoms with van der Waals surface area (Å²) >= 11 is 1.48. The molecule has 0 fully saturated rings. The first-order valence-corrected chi connectivity index (χ1v) is 3.91. The summed E-state index contributed by atoms with van der Waals surface area (Å²) in [7, 11) is 1.66. The normalized spacial score (nSPS) is 9.27. The van der Waals surface area contributed by atoms with E-state index >= 15 is 0 Å². The summed E-state index contributed by atoms with van der Waals surface area (Å²) in [5.41, 5.74) is 2.05. The van der Waals surface area contributed by atoms with E-state index in [4.69, 9.17) is 5.84 Å². The van der Waals surface area contributed by atoms with Crippen molar-refractivity contribution in [2.75, 3.05) is 11.9 Å². The van der Waals surface area contributed by atoms with Crippen LogP contribution in [0.15, 0.2) is 17.5 Å². The first-order chi connectivity index (χ1) is 5.25. The molecule has 0 atom stereocenters. The number of nitrogens with zero attached hydrogens (tertiary/aromatic N) is 1. The van der Waals surface area contributed by atoms with Crippen molar-refractivity contribution in [1.29, 1.82) is 0 Å². The molecule has 0 bridgehead atoms. The highest BCUT2D eigenvalue weighted by Gasteiger charge is 2.08. The lowest BCUT2D eigenvalue weighted by Crippen LogP contribution is -2.40. The number of thiophene rings is 1. The van der Waals surface area contributed by atoms with Crippen molar-refractivity contribution in [3.63, 3.8) is 0 Å². The van der Waals surface area contributed by atoms with E-state index < -0.39 is 0 Å². The molecule has 11 heavy (non-hydrogen) atoms. The highest BCUT2D eigenvalue weighted by atomic mass is 32.1. The molecule has 2 amide bonds. The molecule has 0 radical (unpaired) electrons. The monoisotopic (exact) mass is 171 g/mol. The number of hydrogen-bond acceptors (Lipinski definition) is 3. The summed E-state index contributed by atoms with van der Waals surface area (Å²) in [6, 6.07) is 3.41. The minimum Gasteiger partial charge on any atom is -0.288 e. The molecule has 0 unspecified atom stereocenters. The standard InChI is InChI=1S/C6H9N3OS/c1-9(6(10)8-7)5-3-2-4-11-5/h2-4H,7H2,1H3,(H,8,10). The second-order valence-corrected chi connectivity index (χ2v) is 2.89. The van der Waals surface area contributed by atoms with Gasteiger partial charge in [0.2, 0.25) is 0 Å². The Balaban J connectivity index is 2.70. The van der Waals surface area contributed by atoms with Gasteiger partial charge in [0.05, 0.1) is 5.00 Å². The maximum Gasteiger partial charge on any atom is 0.336 e. The van der Waals surface area contributed by atoms with Crippen molar-refractivity contribution in [1.82, 2.24) is 5.43 Å². The lowest BCUT2D eigenvalue weighted by Gasteiger charge is -2.12. The largest absolute Gasteiger partial charge is 0.336 e. The van der Waals surface area contributed by atoms with Gasteiger partial charge in [0, 0.05) is 7.05 Å². The van der Waals surface area contributed by atoms with Crippen LogP contribution >= 0.6 is 11.3 Å². The Kier molecular flexibility index (Phi) is 2.45. The van der Waals surface area contributed by atoms with Gasteiger partial charge in [-0.15, -0.1) is 11.3 Å². The summed E-state index contributed by atoms with van der Waals surface area (Å²) in [6.45, 7) is 0. The number of nitrogens with two attached hydrogens (primary N) is 1. The quantitative estimate of drug-likeness (QED) is 0.372. The third kappa shape index (κ3) is 1.69. The van der Waals surface area contributed by atoms with Crippen molar-refractivity contribution < 1.29 is 4.79 Å². The van der Waals surface area contributed by atoms with Crippen LogP contribution in [0.25, 0.3) is 0 Å². The maximum absolute atomic E-state index is 10.9. The number of hydrazine groups is 1. The fraction of sp³-hybridized carbons (Fsp3) is 0.167. The first-order valence-electron chi connectivity index (χ1n) is 3.03. The molecule has 5 heteroatoms. The van der Waals surface area contributed by atoms with E-state index in [1.165, 1.54) is 16.2 Å². The molecule has 1 aromatic rings. The van der Waals surface area contributed by atoms with Gasteiger partial charge in [-0.1, -0.05) is 0 Å². The molecule has 0 aliphatic carbocycles. The fourth-order valence-electron chi connectivity index (χ4n) is 0.658. The number of carbonyl (C=O) groups is 1. The Morgan fingerprint density at radius 2 is 2.55 bits per heavy atom. The number of rotatable bonds is 1. The van der Waals surface area contributed by atoms with E-state index in [1.54, 1.807) is 7.05 Å². The molecule has 0 saturated heterocycles. The second kappa shape index (κ2) is 3.36. The molecule has 1 heterocycles. The molecule has 0 aromatic carbocycles. The van der Waals surface area contributed by atoms with E-state index in [9.17, 15) is 4.79 Å². The zero-order valence-corrected chi connectivity index (χ0v) is 6.89. The molecular weight excluding hydrogens is 162 g/mol. The molecular formula is C6H9N3OS. The highest BCUT2D eigenvalue weighted by Crippen LogP contribution is 2.18. The summed E-state index contributed by atoms with van der Waals surface area (Å²) < 4.78 is 0. The molecule has 0 spiro atoms. The average molecular weight is 171 g/mol. The van der Waals surface area contributed by atoms with Gasteiger partial charge in [-0.3, -0.25) is 10.3 Å². The topological polar surface area (TPSA) is 58.4 Å². The van der Waals surface area contributed by atoms with Crippen LogP contribution in [0.3, 0.4) is 0 Å². The fourth-order valence-corrected chi connectivity index (χ4v) is 1.35. The van der Waals surface area contributed by atoms with Crippen LogP contribution in [0.4, 0.5) is 9.80 Å². The molecule has 0 aliphatic rings. The number of amides is 2. The SMILES string of the molecule is CN(C(=O)NN)c1cccs1. The number of carbonyl (C=O) groups excluding carboxylic acids is 1.